The molecule has 5 nitrogen and oxygen atoms in total. The van der Waals surface area contributed by atoms with Crippen LogP contribution in [0.15, 0.2) is 12.1 Å². The van der Waals surface area contributed by atoms with E-state index in [-0.39, 0.29) is 11.3 Å². The van der Waals surface area contributed by atoms with E-state index < -0.39 is 11.7 Å². The van der Waals surface area contributed by atoms with Crippen molar-refractivity contribution in [3.63, 3.8) is 0 Å². The molecule has 1 heterocycles. The Morgan fingerprint density at radius 1 is 1.33 bits per heavy atom. The monoisotopic (exact) mass is 294 g/mol. The number of nitrogens with two attached hydrogens (primary N) is 2. The van der Waals surface area contributed by atoms with E-state index in [2.05, 4.69) is 18.7 Å². The lowest BCUT2D eigenvalue weighted by Crippen LogP contribution is -2.49. The number of rotatable bonds is 4. The van der Waals surface area contributed by atoms with Crippen molar-refractivity contribution in [1.29, 1.82) is 0 Å². The molecule has 1 unspecified atom stereocenters. The summed E-state index contributed by atoms with van der Waals surface area (Å²) in [4.78, 5) is 15.7. The largest absolute Gasteiger partial charge is 0.398 e. The molecule has 0 saturated carbocycles. The van der Waals surface area contributed by atoms with Crippen molar-refractivity contribution in [2.45, 2.75) is 26.3 Å². The predicted molar refractivity (Wildman–Crippen MR) is 82.9 cm³/mol. The Hall–Kier alpha value is -1.82. The normalized spacial score (nSPS) is 17.8. The molecular formula is C15H23FN4O. The number of amides is 1. The van der Waals surface area contributed by atoms with Gasteiger partial charge in [0.2, 0.25) is 0 Å². The van der Waals surface area contributed by atoms with Crippen LogP contribution in [0.1, 0.15) is 30.6 Å². The maximum atomic E-state index is 14.1. The van der Waals surface area contributed by atoms with Crippen molar-refractivity contribution in [3.05, 3.63) is 23.5 Å². The minimum absolute atomic E-state index is 0.0852. The lowest BCUT2D eigenvalue weighted by Gasteiger charge is -2.39. The van der Waals surface area contributed by atoms with Gasteiger partial charge in [-0.2, -0.15) is 0 Å². The smallest absolute Gasteiger partial charge is 0.250 e. The lowest BCUT2D eigenvalue weighted by molar-refractivity contribution is 0.100. The molecule has 1 atom stereocenters. The summed E-state index contributed by atoms with van der Waals surface area (Å²) in [6.07, 6.45) is 1.10. The maximum absolute atomic E-state index is 14.1. The second kappa shape index (κ2) is 6.30. The van der Waals surface area contributed by atoms with Gasteiger partial charge in [0.25, 0.3) is 5.91 Å². The Labute approximate surface area is 124 Å². The molecule has 116 valence electrons. The third kappa shape index (κ3) is 3.26. The molecule has 1 aromatic carbocycles. The number of halogens is 1. The van der Waals surface area contributed by atoms with E-state index in [0.29, 0.717) is 11.7 Å². The van der Waals surface area contributed by atoms with Gasteiger partial charge in [-0.05, 0) is 25.5 Å². The van der Waals surface area contributed by atoms with Crippen molar-refractivity contribution in [1.82, 2.24) is 4.90 Å². The second-order valence-electron chi connectivity index (χ2n) is 5.54. The summed E-state index contributed by atoms with van der Waals surface area (Å²) in [5.74, 6) is -1.04. The number of carbonyl (C=O) groups is 1. The van der Waals surface area contributed by atoms with Gasteiger partial charge in [-0.25, -0.2) is 4.39 Å². The zero-order chi connectivity index (χ0) is 15.6. The maximum Gasteiger partial charge on any atom is 0.250 e. The number of benzene rings is 1. The molecule has 4 N–H and O–H groups in total. The molecule has 2 rings (SSSR count). The Morgan fingerprint density at radius 3 is 2.48 bits per heavy atom. The highest BCUT2D eigenvalue weighted by atomic mass is 19.1. The number of carbonyl (C=O) groups excluding carboxylic acids is 1. The van der Waals surface area contributed by atoms with E-state index in [1.807, 2.05) is 4.90 Å². The van der Waals surface area contributed by atoms with Crippen LogP contribution in [0.4, 0.5) is 15.8 Å². The summed E-state index contributed by atoms with van der Waals surface area (Å²) >= 11 is 0. The SMILES string of the molecule is CCC(C)N1CCN(c2cc(C(N)=O)c(N)cc2F)CC1. The van der Waals surface area contributed by atoms with Gasteiger partial charge in [-0.15, -0.1) is 0 Å². The number of hydrogen-bond donors (Lipinski definition) is 2. The van der Waals surface area contributed by atoms with Gasteiger partial charge in [-0.3, -0.25) is 9.69 Å². The zero-order valence-electron chi connectivity index (χ0n) is 12.6. The first kappa shape index (κ1) is 15.6. The van der Waals surface area contributed by atoms with Gasteiger partial charge < -0.3 is 16.4 Å². The molecule has 0 aliphatic carbocycles. The van der Waals surface area contributed by atoms with Gasteiger partial charge in [0.05, 0.1) is 11.3 Å². The molecule has 0 spiro atoms. The van der Waals surface area contributed by atoms with Crippen molar-refractivity contribution >= 4 is 17.3 Å². The molecule has 1 aliphatic heterocycles. The van der Waals surface area contributed by atoms with Gasteiger partial charge in [-0.1, -0.05) is 6.92 Å². The van der Waals surface area contributed by atoms with Crippen LogP contribution >= 0.6 is 0 Å². The molecule has 0 aromatic heterocycles. The summed E-state index contributed by atoms with van der Waals surface area (Å²) in [6, 6.07) is 3.17. The predicted octanol–water partition coefficient (Wildman–Crippen LogP) is 1.43. The topological polar surface area (TPSA) is 75.6 Å². The lowest BCUT2D eigenvalue weighted by atomic mass is 10.1. The van der Waals surface area contributed by atoms with E-state index in [4.69, 9.17) is 11.5 Å². The Kier molecular flexibility index (Phi) is 4.67. The van der Waals surface area contributed by atoms with Crippen molar-refractivity contribution < 1.29 is 9.18 Å². The third-order valence-corrected chi connectivity index (χ3v) is 4.25. The molecule has 1 aromatic rings. The van der Waals surface area contributed by atoms with Crippen LogP contribution in [0.25, 0.3) is 0 Å². The van der Waals surface area contributed by atoms with Crippen LogP contribution in [0.3, 0.4) is 0 Å². The summed E-state index contributed by atoms with van der Waals surface area (Å²) in [7, 11) is 0. The van der Waals surface area contributed by atoms with Crippen LogP contribution in [-0.4, -0.2) is 43.0 Å². The summed E-state index contributed by atoms with van der Waals surface area (Å²) < 4.78 is 14.1. The number of nitrogen functional groups attached to an aromatic ring is 1. The molecule has 1 amide bonds. The van der Waals surface area contributed by atoms with Crippen LogP contribution in [0.5, 0.6) is 0 Å². The molecule has 0 bridgehead atoms. The average Bonchev–Trinajstić information content (AvgIpc) is 2.46. The van der Waals surface area contributed by atoms with Crippen molar-refractivity contribution in [2.24, 2.45) is 5.73 Å². The van der Waals surface area contributed by atoms with Crippen LogP contribution < -0.4 is 16.4 Å². The van der Waals surface area contributed by atoms with E-state index in [9.17, 15) is 9.18 Å². The molecule has 21 heavy (non-hydrogen) atoms. The fraction of sp³-hybridized carbons (Fsp3) is 0.533. The summed E-state index contributed by atoms with van der Waals surface area (Å²) in [6.45, 7) is 7.57. The molecule has 1 fully saturated rings. The molecule has 1 aliphatic rings. The van der Waals surface area contributed by atoms with Crippen LogP contribution in [0.2, 0.25) is 0 Å². The van der Waals surface area contributed by atoms with Gasteiger partial charge >= 0.3 is 0 Å². The van der Waals surface area contributed by atoms with Gasteiger partial charge in [0.1, 0.15) is 5.82 Å². The Bertz CT molecular complexity index is 527. The number of anilines is 2. The zero-order valence-corrected chi connectivity index (χ0v) is 12.6. The number of hydrogen-bond acceptors (Lipinski definition) is 4. The van der Waals surface area contributed by atoms with Gasteiger partial charge in [0.15, 0.2) is 0 Å². The van der Waals surface area contributed by atoms with Crippen LogP contribution in [-0.2, 0) is 0 Å². The highest BCUT2D eigenvalue weighted by Gasteiger charge is 2.23. The van der Waals surface area contributed by atoms with E-state index in [1.54, 1.807) is 0 Å². The fourth-order valence-corrected chi connectivity index (χ4v) is 2.69. The minimum atomic E-state index is -0.632. The average molecular weight is 294 g/mol. The fourth-order valence-electron chi connectivity index (χ4n) is 2.69. The second-order valence-corrected chi connectivity index (χ2v) is 5.54. The summed E-state index contributed by atoms with van der Waals surface area (Å²) in [5.41, 5.74) is 11.6. The number of nitrogens with zero attached hydrogens (tertiary/aromatic N) is 2. The van der Waals surface area contributed by atoms with Crippen LogP contribution in [0, 0.1) is 5.82 Å². The first-order valence-electron chi connectivity index (χ1n) is 7.31. The van der Waals surface area contributed by atoms with Crippen molar-refractivity contribution in [3.8, 4) is 0 Å². The molecule has 1 saturated heterocycles. The van der Waals surface area contributed by atoms with E-state index in [1.165, 1.54) is 12.1 Å². The van der Waals surface area contributed by atoms with Gasteiger partial charge in [0, 0.05) is 37.9 Å². The number of primary amides is 1. The highest BCUT2D eigenvalue weighted by Crippen LogP contribution is 2.26. The highest BCUT2D eigenvalue weighted by molar-refractivity contribution is 5.99. The molecule has 0 radical (unpaired) electrons. The number of piperazine rings is 1. The van der Waals surface area contributed by atoms with E-state index in [0.717, 1.165) is 32.6 Å². The minimum Gasteiger partial charge on any atom is -0.398 e. The standard InChI is InChI=1S/C15H23FN4O/c1-3-10(2)19-4-6-20(7-5-19)14-8-11(15(18)21)13(17)9-12(14)16/h8-10H,3-7,17H2,1-2H3,(H2,18,21). The Morgan fingerprint density at radius 2 is 1.95 bits per heavy atom. The Balaban J connectivity index is 2.17. The molecule has 6 heteroatoms. The van der Waals surface area contributed by atoms with E-state index >= 15 is 0 Å². The summed E-state index contributed by atoms with van der Waals surface area (Å²) in [5, 5.41) is 0. The first-order valence-corrected chi connectivity index (χ1v) is 7.31. The first-order chi connectivity index (χ1) is 9.93. The van der Waals surface area contributed by atoms with Crippen molar-refractivity contribution in [2.75, 3.05) is 36.8 Å². The molecular weight excluding hydrogens is 271 g/mol. The third-order valence-electron chi connectivity index (χ3n) is 4.25. The quantitative estimate of drug-likeness (QED) is 0.824.